The van der Waals surface area contributed by atoms with Crippen molar-refractivity contribution < 1.29 is 89.4 Å². The van der Waals surface area contributed by atoms with Gasteiger partial charge in [-0.05, 0) is 104 Å². The molecular formula is C47H76O18. The number of carbonyl (C=O) groups is 1. The van der Waals surface area contributed by atoms with Crippen LogP contribution in [-0.2, 0) is 33.2 Å². The first-order valence-electron chi connectivity index (χ1n) is 23.8. The molecule has 3 aliphatic heterocycles. The first-order chi connectivity index (χ1) is 30.2. The van der Waals surface area contributed by atoms with Crippen LogP contribution in [0.3, 0.4) is 0 Å². The fraction of sp³-hybridized carbons (Fsp3) is 0.936. The van der Waals surface area contributed by atoms with Gasteiger partial charge in [-0.15, -0.1) is 0 Å². The Kier molecular flexibility index (Phi) is 13.2. The van der Waals surface area contributed by atoms with E-state index in [1.165, 1.54) is 12.5 Å². The number of ether oxygens (including phenoxy) is 6. The summed E-state index contributed by atoms with van der Waals surface area (Å²) >= 11 is 0. The highest BCUT2D eigenvalue weighted by atomic mass is 16.8. The van der Waals surface area contributed by atoms with E-state index in [9.17, 15) is 61.0 Å². The van der Waals surface area contributed by atoms with E-state index in [1.807, 2.05) is 6.92 Å². The van der Waals surface area contributed by atoms with Crippen molar-refractivity contribution in [3.8, 4) is 0 Å². The SMILES string of the molecule is CC1OC(OC2C(OC3C(OC4CCC5(C)C(CCC6(C)C5CC=C5C7CC(C)(C)CC(O)C7(C)CCC56C)C4(C)CO)OC(C(=O)O)C(O)C3O)OC(O)C(O)C2O)C(O)C(O)C1O. The molecule has 8 rings (SSSR count). The molecule has 0 radical (unpaired) electrons. The number of hydrogen-bond acceptors (Lipinski definition) is 17. The third-order valence-corrected chi connectivity index (χ3v) is 19.2. The van der Waals surface area contributed by atoms with Crippen molar-refractivity contribution in [2.75, 3.05) is 6.61 Å². The van der Waals surface area contributed by atoms with E-state index in [0.29, 0.717) is 12.8 Å². The number of aliphatic hydroxyl groups is 10. The Balaban J connectivity index is 1.07. The quantitative estimate of drug-likeness (QED) is 0.118. The Labute approximate surface area is 380 Å². The van der Waals surface area contributed by atoms with Gasteiger partial charge < -0.3 is 84.6 Å². The number of fused-ring (bicyclic) bond motifs is 7. The largest absolute Gasteiger partial charge is 0.479 e. The van der Waals surface area contributed by atoms with Gasteiger partial charge in [-0.1, -0.05) is 60.1 Å². The number of aliphatic hydroxyl groups excluding tert-OH is 10. The number of carboxylic acid groups (broad SMARTS) is 1. The zero-order valence-electron chi connectivity index (χ0n) is 39.0. The lowest BCUT2D eigenvalue weighted by atomic mass is 9.33. The molecule has 25 unspecified atom stereocenters. The maximum Gasteiger partial charge on any atom is 0.335 e. The highest BCUT2D eigenvalue weighted by Gasteiger charge is 2.70. The van der Waals surface area contributed by atoms with E-state index in [-0.39, 0.29) is 57.5 Å². The number of allylic oxidation sites excluding steroid dienone is 2. The van der Waals surface area contributed by atoms with Crippen LogP contribution in [0.4, 0.5) is 0 Å². The summed E-state index contributed by atoms with van der Waals surface area (Å²) in [6.45, 7) is 17.1. The van der Waals surface area contributed by atoms with Crippen molar-refractivity contribution in [1.82, 2.24) is 0 Å². The molecule has 0 aromatic carbocycles. The standard InChI is InChI=1S/C47H76O18/c1-20-27(50)28(51)33(56)39(60-20)63-36-31(54)32(55)38(59)65-41(36)64-35-30(53)29(52)34(37(57)58)62-40(35)61-26-12-13-44(5)23(45(26,6)19-48)11-14-47(8)24(44)10-9-21-22-17-42(2,3)18-25(49)43(22,4)15-16-46(21,47)7/h9,20,22-36,38-41,48-56,59H,10-19H2,1-8H3,(H,57,58). The van der Waals surface area contributed by atoms with Crippen molar-refractivity contribution in [2.45, 2.75) is 218 Å². The van der Waals surface area contributed by atoms with Gasteiger partial charge in [0.2, 0.25) is 0 Å². The van der Waals surface area contributed by atoms with Gasteiger partial charge in [0.05, 0.1) is 24.9 Å². The molecule has 0 aromatic heterocycles. The zero-order chi connectivity index (χ0) is 47.7. The van der Waals surface area contributed by atoms with Crippen LogP contribution in [0.25, 0.3) is 0 Å². The van der Waals surface area contributed by atoms with E-state index in [1.54, 1.807) is 0 Å². The topological polar surface area (TPSA) is 295 Å². The van der Waals surface area contributed by atoms with Crippen molar-refractivity contribution in [2.24, 2.45) is 50.2 Å². The third-order valence-electron chi connectivity index (χ3n) is 19.2. The maximum atomic E-state index is 12.4. The first kappa shape index (κ1) is 50.0. The summed E-state index contributed by atoms with van der Waals surface area (Å²) in [5, 5.41) is 119. The van der Waals surface area contributed by atoms with E-state index in [2.05, 4.69) is 47.6 Å². The van der Waals surface area contributed by atoms with Crippen molar-refractivity contribution in [3.63, 3.8) is 0 Å². The molecule has 18 nitrogen and oxygen atoms in total. The van der Waals surface area contributed by atoms with E-state index < -0.39 is 110 Å². The molecule has 7 fully saturated rings. The van der Waals surface area contributed by atoms with Crippen LogP contribution in [0.2, 0.25) is 0 Å². The molecule has 8 aliphatic rings. The molecule has 25 atom stereocenters. The molecule has 3 saturated heterocycles. The summed E-state index contributed by atoms with van der Waals surface area (Å²) in [6, 6.07) is 0. The Bertz CT molecular complexity index is 1800. The smallest absolute Gasteiger partial charge is 0.335 e. The molecule has 0 aromatic rings. The van der Waals surface area contributed by atoms with Gasteiger partial charge in [-0.3, -0.25) is 0 Å². The summed E-state index contributed by atoms with van der Waals surface area (Å²) in [7, 11) is 0. The summed E-state index contributed by atoms with van der Waals surface area (Å²) in [6.07, 6.45) is -18.8. The maximum absolute atomic E-state index is 12.4. The van der Waals surface area contributed by atoms with Gasteiger partial charge in [0.25, 0.3) is 0 Å². The van der Waals surface area contributed by atoms with Crippen LogP contribution in [0.1, 0.15) is 113 Å². The van der Waals surface area contributed by atoms with Gasteiger partial charge in [0.1, 0.15) is 54.9 Å². The number of aliphatic carboxylic acids is 1. The summed E-state index contributed by atoms with van der Waals surface area (Å²) < 4.78 is 35.6. The van der Waals surface area contributed by atoms with Crippen LogP contribution >= 0.6 is 0 Å². The van der Waals surface area contributed by atoms with Gasteiger partial charge in [0, 0.05) is 10.8 Å². The minimum atomic E-state index is -2.09. The number of hydrogen-bond donors (Lipinski definition) is 11. The monoisotopic (exact) mass is 929 g/mol. The Morgan fingerprint density at radius 2 is 1.29 bits per heavy atom. The van der Waals surface area contributed by atoms with Crippen LogP contribution in [0.5, 0.6) is 0 Å². The van der Waals surface area contributed by atoms with E-state index >= 15 is 0 Å². The predicted molar refractivity (Wildman–Crippen MR) is 226 cm³/mol. The fourth-order valence-corrected chi connectivity index (χ4v) is 14.9. The molecule has 0 amide bonds. The predicted octanol–water partition coefficient (Wildman–Crippen LogP) is 0.662. The highest BCUT2D eigenvalue weighted by molar-refractivity contribution is 5.73. The number of rotatable bonds is 8. The normalized spacial score (nSPS) is 56.6. The molecule has 3 heterocycles. The zero-order valence-corrected chi connectivity index (χ0v) is 39.0. The lowest BCUT2D eigenvalue weighted by molar-refractivity contribution is -0.410. The van der Waals surface area contributed by atoms with Gasteiger partial charge in [-0.2, -0.15) is 0 Å². The molecule has 18 heteroatoms. The van der Waals surface area contributed by atoms with Crippen molar-refractivity contribution >= 4 is 5.97 Å². The molecule has 0 bridgehead atoms. The van der Waals surface area contributed by atoms with Gasteiger partial charge in [0.15, 0.2) is 31.3 Å². The van der Waals surface area contributed by atoms with Crippen LogP contribution in [0.15, 0.2) is 11.6 Å². The van der Waals surface area contributed by atoms with Gasteiger partial charge in [-0.25, -0.2) is 4.79 Å². The second-order valence-electron chi connectivity index (χ2n) is 23.3. The minimum Gasteiger partial charge on any atom is -0.479 e. The average Bonchev–Trinajstić information content (AvgIpc) is 3.23. The van der Waals surface area contributed by atoms with Crippen LogP contribution in [0, 0.1) is 50.2 Å². The molecule has 5 aliphatic carbocycles. The first-order valence-corrected chi connectivity index (χ1v) is 23.8. The second-order valence-corrected chi connectivity index (χ2v) is 23.3. The molecule has 372 valence electrons. The summed E-state index contributed by atoms with van der Waals surface area (Å²) in [5.41, 5.74) is -0.0706. The Hall–Kier alpha value is -1.43. The molecule has 65 heavy (non-hydrogen) atoms. The summed E-state index contributed by atoms with van der Waals surface area (Å²) in [4.78, 5) is 12.4. The van der Waals surface area contributed by atoms with Crippen molar-refractivity contribution in [1.29, 1.82) is 0 Å². The molecule has 0 spiro atoms. The third kappa shape index (κ3) is 7.71. The average molecular weight is 929 g/mol. The lowest BCUT2D eigenvalue weighted by Gasteiger charge is -2.72. The molecule has 4 saturated carbocycles. The lowest BCUT2D eigenvalue weighted by Crippen LogP contribution is -2.68. The van der Waals surface area contributed by atoms with Gasteiger partial charge >= 0.3 is 5.97 Å². The van der Waals surface area contributed by atoms with E-state index in [0.717, 1.165) is 44.9 Å². The Morgan fingerprint density at radius 1 is 0.662 bits per heavy atom. The number of carboxylic acids is 1. The van der Waals surface area contributed by atoms with Crippen LogP contribution < -0.4 is 0 Å². The molecule has 11 N–H and O–H groups in total. The van der Waals surface area contributed by atoms with Crippen LogP contribution in [-0.4, -0.2) is 173 Å². The highest BCUT2D eigenvalue weighted by Crippen LogP contribution is 2.76. The van der Waals surface area contributed by atoms with Crippen molar-refractivity contribution in [3.05, 3.63) is 11.6 Å². The minimum absolute atomic E-state index is 0.0160. The Morgan fingerprint density at radius 3 is 1.94 bits per heavy atom. The summed E-state index contributed by atoms with van der Waals surface area (Å²) in [5.74, 6) is -1.17. The second kappa shape index (κ2) is 17.2. The fourth-order valence-electron chi connectivity index (χ4n) is 14.9. The molecular weight excluding hydrogens is 852 g/mol. The van der Waals surface area contributed by atoms with E-state index in [4.69, 9.17) is 28.4 Å².